The summed E-state index contributed by atoms with van der Waals surface area (Å²) in [4.78, 5) is 15.0. The highest BCUT2D eigenvalue weighted by molar-refractivity contribution is 6.30. The van der Waals surface area contributed by atoms with Gasteiger partial charge in [0.05, 0.1) is 0 Å². The van der Waals surface area contributed by atoms with Gasteiger partial charge in [-0.2, -0.15) is 0 Å². The third-order valence-electron chi connectivity index (χ3n) is 5.12. The zero-order chi connectivity index (χ0) is 16.5. The average Bonchev–Trinajstić information content (AvgIpc) is 2.62. The summed E-state index contributed by atoms with van der Waals surface area (Å²) in [6, 6.07) is 14.2. The highest BCUT2D eigenvalue weighted by Gasteiger charge is 2.29. The lowest BCUT2D eigenvalue weighted by molar-refractivity contribution is 0.0993. The van der Waals surface area contributed by atoms with Crippen LogP contribution in [0.5, 0.6) is 0 Å². The smallest absolute Gasteiger partial charge is 0.167 e. The lowest BCUT2D eigenvalue weighted by atomic mass is 9.89. The van der Waals surface area contributed by atoms with Gasteiger partial charge in [0.2, 0.25) is 0 Å². The first-order chi connectivity index (χ1) is 11.7. The summed E-state index contributed by atoms with van der Waals surface area (Å²) in [6.07, 6.45) is 1.52. The van der Waals surface area contributed by atoms with Crippen LogP contribution in [0.4, 0.5) is 0 Å². The molecular formula is C20H21ClN2O. The van der Waals surface area contributed by atoms with E-state index in [0.717, 1.165) is 43.7 Å². The van der Waals surface area contributed by atoms with Crippen LogP contribution >= 0.6 is 11.6 Å². The number of nitrogens with one attached hydrogen (secondary N) is 1. The molecule has 4 rings (SSSR count). The van der Waals surface area contributed by atoms with E-state index < -0.39 is 0 Å². The third-order valence-corrected chi connectivity index (χ3v) is 5.37. The van der Waals surface area contributed by atoms with Gasteiger partial charge in [-0.15, -0.1) is 0 Å². The molecule has 2 aliphatic rings. The molecule has 2 aromatic rings. The van der Waals surface area contributed by atoms with Crippen molar-refractivity contribution in [2.75, 3.05) is 26.2 Å². The minimum atomic E-state index is 0.142. The van der Waals surface area contributed by atoms with Crippen LogP contribution in [0.2, 0.25) is 5.02 Å². The standard InChI is InChI=1S/C20H21ClN2O/c21-17-4-2-15(3-5-17)20(24)12-14-1-6-18-16(11-14)7-9-23-10-8-22-13-19(18)23/h1-6,11,19,22H,7-10,12-13H2/t19-/m0/s1. The molecule has 1 fully saturated rings. The zero-order valence-electron chi connectivity index (χ0n) is 13.6. The van der Waals surface area contributed by atoms with Gasteiger partial charge in [0.15, 0.2) is 5.78 Å². The molecule has 0 bridgehead atoms. The quantitative estimate of drug-likeness (QED) is 0.870. The number of hydrogen-bond acceptors (Lipinski definition) is 3. The fraction of sp³-hybridized carbons (Fsp3) is 0.350. The van der Waals surface area contributed by atoms with E-state index in [9.17, 15) is 4.79 Å². The van der Waals surface area contributed by atoms with Crippen molar-refractivity contribution < 1.29 is 4.79 Å². The molecule has 2 aromatic carbocycles. The number of carbonyl (C=O) groups is 1. The van der Waals surface area contributed by atoms with Gasteiger partial charge in [0.25, 0.3) is 0 Å². The highest BCUT2D eigenvalue weighted by atomic mass is 35.5. The molecule has 1 N–H and O–H groups in total. The Bertz CT molecular complexity index is 757. The first kappa shape index (κ1) is 15.8. The molecule has 24 heavy (non-hydrogen) atoms. The Morgan fingerprint density at radius 3 is 2.83 bits per heavy atom. The topological polar surface area (TPSA) is 32.3 Å². The van der Waals surface area contributed by atoms with E-state index in [1.165, 1.54) is 11.1 Å². The van der Waals surface area contributed by atoms with Gasteiger partial charge in [-0.05, 0) is 47.4 Å². The SMILES string of the molecule is O=C(Cc1ccc2c(c1)CCN1CCNC[C@@H]21)c1ccc(Cl)cc1. The monoisotopic (exact) mass is 340 g/mol. The molecular weight excluding hydrogens is 320 g/mol. The van der Waals surface area contributed by atoms with E-state index in [1.54, 1.807) is 24.3 Å². The molecule has 0 spiro atoms. The minimum Gasteiger partial charge on any atom is -0.314 e. The molecule has 0 saturated carbocycles. The Morgan fingerprint density at radius 2 is 2.00 bits per heavy atom. The fourth-order valence-electron chi connectivity index (χ4n) is 3.82. The minimum absolute atomic E-state index is 0.142. The second-order valence-electron chi connectivity index (χ2n) is 6.65. The maximum atomic E-state index is 12.5. The molecule has 2 heterocycles. The van der Waals surface area contributed by atoms with Gasteiger partial charge in [-0.25, -0.2) is 0 Å². The van der Waals surface area contributed by atoms with Crippen LogP contribution in [-0.2, 0) is 12.8 Å². The second-order valence-corrected chi connectivity index (χ2v) is 7.08. The Labute approximate surface area is 147 Å². The molecule has 0 aliphatic carbocycles. The number of Topliss-reactive ketones (excluding diaryl/α,β-unsaturated/α-hetero) is 1. The van der Waals surface area contributed by atoms with Crippen molar-refractivity contribution in [3.05, 3.63) is 69.7 Å². The normalized spacial score (nSPS) is 20.3. The molecule has 1 saturated heterocycles. The largest absolute Gasteiger partial charge is 0.314 e. The summed E-state index contributed by atoms with van der Waals surface area (Å²) in [5, 5.41) is 4.15. The van der Waals surface area contributed by atoms with Crippen molar-refractivity contribution in [3.63, 3.8) is 0 Å². The van der Waals surface area contributed by atoms with E-state index in [2.05, 4.69) is 28.4 Å². The van der Waals surface area contributed by atoms with Crippen LogP contribution in [0.3, 0.4) is 0 Å². The maximum Gasteiger partial charge on any atom is 0.167 e. The number of hydrogen-bond donors (Lipinski definition) is 1. The molecule has 2 aliphatic heterocycles. The first-order valence-corrected chi connectivity index (χ1v) is 8.94. The van der Waals surface area contributed by atoms with Crippen LogP contribution in [0.15, 0.2) is 42.5 Å². The van der Waals surface area contributed by atoms with E-state index in [1.807, 2.05) is 0 Å². The summed E-state index contributed by atoms with van der Waals surface area (Å²) < 4.78 is 0. The molecule has 124 valence electrons. The van der Waals surface area contributed by atoms with Crippen LogP contribution in [0, 0.1) is 0 Å². The van der Waals surface area contributed by atoms with E-state index in [0.29, 0.717) is 17.5 Å². The van der Waals surface area contributed by atoms with Crippen molar-refractivity contribution in [2.45, 2.75) is 18.9 Å². The number of benzene rings is 2. The molecule has 0 aromatic heterocycles. The number of nitrogens with zero attached hydrogens (tertiary/aromatic N) is 1. The third kappa shape index (κ3) is 3.12. The molecule has 4 heteroatoms. The van der Waals surface area contributed by atoms with E-state index in [-0.39, 0.29) is 5.78 Å². The zero-order valence-corrected chi connectivity index (χ0v) is 14.4. The van der Waals surface area contributed by atoms with Crippen molar-refractivity contribution >= 4 is 17.4 Å². The van der Waals surface area contributed by atoms with Crippen LogP contribution in [0.1, 0.15) is 33.1 Å². The molecule has 0 amide bonds. The number of piperazine rings is 1. The lowest BCUT2D eigenvalue weighted by Crippen LogP contribution is -2.48. The summed E-state index contributed by atoms with van der Waals surface area (Å²) in [5.74, 6) is 0.142. The number of fused-ring (bicyclic) bond motifs is 3. The molecule has 0 radical (unpaired) electrons. The summed E-state index contributed by atoms with van der Waals surface area (Å²) in [7, 11) is 0. The van der Waals surface area contributed by atoms with Crippen LogP contribution < -0.4 is 5.32 Å². The number of halogens is 1. The van der Waals surface area contributed by atoms with Crippen LogP contribution in [-0.4, -0.2) is 36.9 Å². The van der Waals surface area contributed by atoms with Crippen LogP contribution in [0.25, 0.3) is 0 Å². The number of ketones is 1. The van der Waals surface area contributed by atoms with E-state index in [4.69, 9.17) is 11.6 Å². The van der Waals surface area contributed by atoms with Gasteiger partial charge in [-0.3, -0.25) is 9.69 Å². The van der Waals surface area contributed by atoms with Crippen molar-refractivity contribution in [2.24, 2.45) is 0 Å². The van der Waals surface area contributed by atoms with E-state index >= 15 is 0 Å². The predicted molar refractivity (Wildman–Crippen MR) is 96.8 cm³/mol. The lowest BCUT2D eigenvalue weighted by Gasteiger charge is -2.41. The van der Waals surface area contributed by atoms with Crippen molar-refractivity contribution in [1.82, 2.24) is 10.2 Å². The first-order valence-electron chi connectivity index (χ1n) is 8.56. The predicted octanol–water partition coefficient (Wildman–Crippen LogP) is 3.27. The Hall–Kier alpha value is -1.68. The highest BCUT2D eigenvalue weighted by Crippen LogP contribution is 2.31. The van der Waals surface area contributed by atoms with Crippen molar-refractivity contribution in [3.8, 4) is 0 Å². The summed E-state index contributed by atoms with van der Waals surface area (Å²) >= 11 is 5.89. The average molecular weight is 341 g/mol. The van der Waals surface area contributed by atoms with Gasteiger partial charge in [-0.1, -0.05) is 29.8 Å². The fourth-order valence-corrected chi connectivity index (χ4v) is 3.94. The molecule has 3 nitrogen and oxygen atoms in total. The summed E-state index contributed by atoms with van der Waals surface area (Å²) in [6.45, 7) is 4.35. The Balaban J connectivity index is 1.53. The van der Waals surface area contributed by atoms with Gasteiger partial charge < -0.3 is 5.32 Å². The molecule has 1 atom stereocenters. The molecule has 0 unspecified atom stereocenters. The number of rotatable bonds is 3. The number of carbonyl (C=O) groups excluding carboxylic acids is 1. The van der Waals surface area contributed by atoms with Gasteiger partial charge >= 0.3 is 0 Å². The second kappa shape index (κ2) is 6.67. The van der Waals surface area contributed by atoms with Crippen molar-refractivity contribution in [1.29, 1.82) is 0 Å². The Morgan fingerprint density at radius 1 is 1.17 bits per heavy atom. The van der Waals surface area contributed by atoms with Gasteiger partial charge in [0, 0.05) is 49.2 Å². The maximum absolute atomic E-state index is 12.5. The summed E-state index contributed by atoms with van der Waals surface area (Å²) in [5.41, 5.74) is 4.66. The van der Waals surface area contributed by atoms with Gasteiger partial charge in [0.1, 0.15) is 0 Å². The Kier molecular flexibility index (Phi) is 4.40.